The molecule has 3 nitrogen and oxygen atoms in total. The minimum absolute atomic E-state index is 0.263. The van der Waals surface area contributed by atoms with Gasteiger partial charge in [-0.3, -0.25) is 0 Å². The van der Waals surface area contributed by atoms with Gasteiger partial charge in [-0.15, -0.1) is 0 Å². The number of aliphatic hydroxyl groups is 1. The molecule has 3 N–H and O–H groups in total. The summed E-state index contributed by atoms with van der Waals surface area (Å²) in [6, 6.07) is 6.45. The molecule has 0 saturated carbocycles. The Kier molecular flexibility index (Phi) is 5.31. The Labute approximate surface area is 114 Å². The summed E-state index contributed by atoms with van der Waals surface area (Å²) in [4.78, 5) is 2.40. The number of rotatable bonds is 5. The van der Waals surface area contributed by atoms with Crippen molar-refractivity contribution in [1.29, 1.82) is 0 Å². The molecule has 1 fully saturated rings. The van der Waals surface area contributed by atoms with Gasteiger partial charge in [-0.05, 0) is 63.0 Å². The molecule has 0 amide bonds. The Balaban J connectivity index is 1.69. The fraction of sp³-hybridized carbons (Fsp3) is 0.600. The van der Waals surface area contributed by atoms with Crippen LogP contribution in [0, 0.1) is 5.82 Å². The maximum Gasteiger partial charge on any atom is 0.123 e. The number of piperidine rings is 1. The fourth-order valence-corrected chi connectivity index (χ4v) is 2.54. The van der Waals surface area contributed by atoms with Crippen LogP contribution in [-0.2, 0) is 0 Å². The van der Waals surface area contributed by atoms with Crippen molar-refractivity contribution in [3.63, 3.8) is 0 Å². The summed E-state index contributed by atoms with van der Waals surface area (Å²) in [5.74, 6) is -0.263. The van der Waals surface area contributed by atoms with Crippen molar-refractivity contribution in [2.75, 3.05) is 19.6 Å². The molecule has 1 aromatic carbocycles. The largest absolute Gasteiger partial charge is 0.388 e. The molecule has 4 heteroatoms. The molecule has 1 heterocycles. The molecule has 1 atom stereocenters. The lowest BCUT2D eigenvalue weighted by Crippen LogP contribution is -2.40. The molecule has 0 radical (unpaired) electrons. The number of nitrogens with zero attached hydrogens (tertiary/aromatic N) is 1. The second-order valence-corrected chi connectivity index (χ2v) is 5.39. The molecule has 0 aromatic heterocycles. The van der Waals surface area contributed by atoms with E-state index in [1.54, 1.807) is 12.1 Å². The van der Waals surface area contributed by atoms with Crippen LogP contribution in [0.15, 0.2) is 24.3 Å². The van der Waals surface area contributed by atoms with Gasteiger partial charge < -0.3 is 15.7 Å². The predicted molar refractivity (Wildman–Crippen MR) is 74.2 cm³/mol. The molecule has 0 spiro atoms. The highest BCUT2D eigenvalue weighted by Crippen LogP contribution is 2.19. The third-order valence-corrected chi connectivity index (χ3v) is 3.84. The van der Waals surface area contributed by atoms with E-state index in [2.05, 4.69) is 4.90 Å². The Morgan fingerprint density at radius 3 is 2.53 bits per heavy atom. The van der Waals surface area contributed by atoms with E-state index in [1.807, 2.05) is 0 Å². The van der Waals surface area contributed by atoms with E-state index in [0.717, 1.165) is 44.5 Å². The van der Waals surface area contributed by atoms with Crippen LogP contribution in [-0.4, -0.2) is 35.7 Å². The minimum Gasteiger partial charge on any atom is -0.388 e. The van der Waals surface area contributed by atoms with Crippen molar-refractivity contribution < 1.29 is 9.50 Å². The summed E-state index contributed by atoms with van der Waals surface area (Å²) < 4.78 is 12.8. The Hall–Kier alpha value is -0.970. The molecule has 1 aromatic rings. The first-order valence-corrected chi connectivity index (χ1v) is 7.06. The summed E-state index contributed by atoms with van der Waals surface area (Å²) in [5.41, 5.74) is 6.66. The average Bonchev–Trinajstić information content (AvgIpc) is 2.41. The van der Waals surface area contributed by atoms with Crippen molar-refractivity contribution in [3.05, 3.63) is 35.6 Å². The van der Waals surface area contributed by atoms with Crippen LogP contribution in [0.4, 0.5) is 4.39 Å². The number of halogens is 1. The van der Waals surface area contributed by atoms with Crippen molar-refractivity contribution in [1.82, 2.24) is 4.90 Å². The van der Waals surface area contributed by atoms with Crippen LogP contribution in [0.5, 0.6) is 0 Å². The van der Waals surface area contributed by atoms with Gasteiger partial charge in [0.15, 0.2) is 0 Å². The first-order valence-electron chi connectivity index (χ1n) is 7.06. The molecule has 106 valence electrons. The summed E-state index contributed by atoms with van der Waals surface area (Å²) in [7, 11) is 0. The first kappa shape index (κ1) is 14.4. The number of aliphatic hydroxyl groups excluding tert-OH is 1. The fourth-order valence-electron chi connectivity index (χ4n) is 2.54. The van der Waals surface area contributed by atoms with E-state index in [9.17, 15) is 9.50 Å². The van der Waals surface area contributed by atoms with Crippen molar-refractivity contribution >= 4 is 0 Å². The van der Waals surface area contributed by atoms with Crippen molar-refractivity contribution in [3.8, 4) is 0 Å². The number of hydrogen-bond acceptors (Lipinski definition) is 3. The van der Waals surface area contributed by atoms with Crippen LogP contribution in [0.25, 0.3) is 0 Å². The summed E-state index contributed by atoms with van der Waals surface area (Å²) >= 11 is 0. The van der Waals surface area contributed by atoms with Gasteiger partial charge in [0.1, 0.15) is 5.82 Å². The molecule has 0 bridgehead atoms. The normalized spacial score (nSPS) is 19.5. The first-order chi connectivity index (χ1) is 9.15. The van der Waals surface area contributed by atoms with Crippen LogP contribution in [0.3, 0.4) is 0 Å². The minimum atomic E-state index is -0.493. The van der Waals surface area contributed by atoms with E-state index in [1.165, 1.54) is 12.1 Å². The maximum absolute atomic E-state index is 12.8. The van der Waals surface area contributed by atoms with E-state index in [4.69, 9.17) is 5.73 Å². The number of nitrogens with two attached hydrogens (primary N) is 1. The molecule has 1 aliphatic heterocycles. The molecule has 1 unspecified atom stereocenters. The van der Waals surface area contributed by atoms with Crippen LogP contribution in [0.1, 0.15) is 37.4 Å². The van der Waals surface area contributed by atoms with E-state index < -0.39 is 6.10 Å². The average molecular weight is 266 g/mol. The number of likely N-dealkylation sites (tertiary alicyclic amines) is 1. The van der Waals surface area contributed by atoms with Crippen LogP contribution >= 0.6 is 0 Å². The zero-order chi connectivity index (χ0) is 13.7. The molecule has 19 heavy (non-hydrogen) atoms. The summed E-state index contributed by atoms with van der Waals surface area (Å²) in [6.45, 7) is 3.13. The van der Waals surface area contributed by atoms with Gasteiger partial charge in [0, 0.05) is 6.04 Å². The highest BCUT2D eigenvalue weighted by atomic mass is 19.1. The van der Waals surface area contributed by atoms with Gasteiger partial charge in [-0.25, -0.2) is 4.39 Å². The summed E-state index contributed by atoms with van der Waals surface area (Å²) in [5, 5.41) is 10.0. The van der Waals surface area contributed by atoms with Gasteiger partial charge in [0.2, 0.25) is 0 Å². The Morgan fingerprint density at radius 1 is 1.26 bits per heavy atom. The van der Waals surface area contributed by atoms with Crippen molar-refractivity contribution in [2.45, 2.75) is 37.8 Å². The van der Waals surface area contributed by atoms with E-state index >= 15 is 0 Å². The van der Waals surface area contributed by atoms with E-state index in [0.29, 0.717) is 12.5 Å². The van der Waals surface area contributed by atoms with Crippen LogP contribution < -0.4 is 5.73 Å². The van der Waals surface area contributed by atoms with E-state index in [-0.39, 0.29) is 5.82 Å². The van der Waals surface area contributed by atoms with Gasteiger partial charge in [0.25, 0.3) is 0 Å². The van der Waals surface area contributed by atoms with Crippen molar-refractivity contribution in [2.24, 2.45) is 5.73 Å². The molecule has 1 aliphatic rings. The standard InChI is InChI=1S/C15H23FN2O/c16-13-5-3-12(4-6-13)15(19)2-1-9-18-10-7-14(17)8-11-18/h3-6,14-15,19H,1-2,7-11,17H2. The van der Waals surface area contributed by atoms with Gasteiger partial charge in [0.05, 0.1) is 6.10 Å². The number of hydrogen-bond donors (Lipinski definition) is 2. The highest BCUT2D eigenvalue weighted by Gasteiger charge is 2.16. The monoisotopic (exact) mass is 266 g/mol. The lowest BCUT2D eigenvalue weighted by atomic mass is 10.0. The molecular formula is C15H23FN2O. The second kappa shape index (κ2) is 6.98. The highest BCUT2D eigenvalue weighted by molar-refractivity contribution is 5.18. The Morgan fingerprint density at radius 2 is 1.89 bits per heavy atom. The summed E-state index contributed by atoms with van der Waals surface area (Å²) in [6.07, 6.45) is 3.32. The molecular weight excluding hydrogens is 243 g/mol. The lowest BCUT2D eigenvalue weighted by Gasteiger charge is -2.30. The zero-order valence-electron chi connectivity index (χ0n) is 11.3. The third-order valence-electron chi connectivity index (χ3n) is 3.84. The maximum atomic E-state index is 12.8. The molecule has 2 rings (SSSR count). The Bertz CT molecular complexity index is 374. The van der Waals surface area contributed by atoms with Gasteiger partial charge in [-0.2, -0.15) is 0 Å². The van der Waals surface area contributed by atoms with Crippen LogP contribution in [0.2, 0.25) is 0 Å². The quantitative estimate of drug-likeness (QED) is 0.857. The SMILES string of the molecule is NC1CCN(CCCC(O)c2ccc(F)cc2)CC1. The lowest BCUT2D eigenvalue weighted by molar-refractivity contribution is 0.148. The van der Waals surface area contributed by atoms with Gasteiger partial charge >= 0.3 is 0 Å². The molecule has 1 saturated heterocycles. The predicted octanol–water partition coefficient (Wildman–Crippen LogP) is 2.06. The third kappa shape index (κ3) is 4.56. The molecule has 0 aliphatic carbocycles. The second-order valence-electron chi connectivity index (χ2n) is 5.39. The number of benzene rings is 1. The zero-order valence-corrected chi connectivity index (χ0v) is 11.3. The smallest absolute Gasteiger partial charge is 0.123 e. The van der Waals surface area contributed by atoms with Gasteiger partial charge in [-0.1, -0.05) is 12.1 Å². The topological polar surface area (TPSA) is 49.5 Å².